The van der Waals surface area contributed by atoms with Gasteiger partial charge in [0.25, 0.3) is 0 Å². The first kappa shape index (κ1) is 18.1. The zero-order valence-electron chi connectivity index (χ0n) is 14.6. The molecular weight excluding hydrogens is 305 g/mol. The predicted molar refractivity (Wildman–Crippen MR) is 98.3 cm³/mol. The molecule has 0 N–H and O–H groups in total. The van der Waals surface area contributed by atoms with Gasteiger partial charge in [-0.15, -0.1) is 11.8 Å². The van der Waals surface area contributed by atoms with Crippen molar-refractivity contribution >= 4 is 37.1 Å². The van der Waals surface area contributed by atoms with Gasteiger partial charge in [0.2, 0.25) is 11.8 Å². The Bertz CT molecular complexity index is 604. The number of anilines is 1. The zero-order valence-corrected chi connectivity index (χ0v) is 15.4. The highest BCUT2D eigenvalue weighted by atomic mass is 32.2. The van der Waals surface area contributed by atoms with Crippen LogP contribution in [0.25, 0.3) is 0 Å². The van der Waals surface area contributed by atoms with Crippen molar-refractivity contribution in [1.82, 2.24) is 0 Å². The summed E-state index contributed by atoms with van der Waals surface area (Å²) in [7, 11) is 6.28. The van der Waals surface area contributed by atoms with E-state index in [1.54, 1.807) is 0 Å². The van der Waals surface area contributed by atoms with E-state index in [-0.39, 0.29) is 27.8 Å². The lowest BCUT2D eigenvalue weighted by atomic mass is 9.54. The summed E-state index contributed by atoms with van der Waals surface area (Å²) in [4.78, 5) is 25.9. The van der Waals surface area contributed by atoms with E-state index >= 15 is 0 Å². The van der Waals surface area contributed by atoms with E-state index in [0.717, 1.165) is 11.3 Å². The van der Waals surface area contributed by atoms with Crippen molar-refractivity contribution < 1.29 is 9.59 Å². The van der Waals surface area contributed by atoms with Crippen molar-refractivity contribution in [3.63, 3.8) is 0 Å². The summed E-state index contributed by atoms with van der Waals surface area (Å²) in [5.41, 5.74) is 1.52. The summed E-state index contributed by atoms with van der Waals surface area (Å²) in [5.74, 6) is 0.607. The first-order valence-electron chi connectivity index (χ1n) is 7.97. The van der Waals surface area contributed by atoms with Gasteiger partial charge in [0.05, 0.1) is 18.8 Å². The SMILES string of the molecule is [B]C(C)(C)C(C)(C)c1ccc(N2C(=O)CC(SCC)C2=O)cc1. The molecule has 5 heteroatoms. The van der Waals surface area contributed by atoms with E-state index in [1.165, 1.54) is 16.7 Å². The van der Waals surface area contributed by atoms with Gasteiger partial charge >= 0.3 is 0 Å². The first-order valence-corrected chi connectivity index (χ1v) is 9.02. The second-order valence-corrected chi connectivity index (χ2v) is 8.59. The van der Waals surface area contributed by atoms with Crippen molar-refractivity contribution in [3.8, 4) is 0 Å². The summed E-state index contributed by atoms with van der Waals surface area (Å²) in [6.07, 6.45) is 0.292. The molecule has 0 spiro atoms. The fourth-order valence-corrected chi connectivity index (χ4v) is 3.52. The summed E-state index contributed by atoms with van der Waals surface area (Å²) < 4.78 is 0. The van der Waals surface area contributed by atoms with Gasteiger partial charge in [-0.1, -0.05) is 52.1 Å². The molecule has 2 amide bonds. The quantitative estimate of drug-likeness (QED) is 0.610. The van der Waals surface area contributed by atoms with Crippen LogP contribution in [-0.2, 0) is 15.0 Å². The molecule has 1 fully saturated rings. The van der Waals surface area contributed by atoms with Gasteiger partial charge in [-0.25, -0.2) is 4.90 Å². The molecule has 122 valence electrons. The summed E-state index contributed by atoms with van der Waals surface area (Å²) in [6, 6.07) is 7.62. The van der Waals surface area contributed by atoms with Crippen molar-refractivity contribution in [2.24, 2.45) is 0 Å². The lowest BCUT2D eigenvalue weighted by Crippen LogP contribution is -2.32. The van der Waals surface area contributed by atoms with Gasteiger partial charge < -0.3 is 0 Å². The number of imide groups is 1. The number of carbonyl (C=O) groups excluding carboxylic acids is 2. The standard InChI is InChI=1S/C18H24BNO2S/c1-6-23-14-11-15(21)20(16(14)22)13-9-7-12(8-10-13)17(2,3)18(4,5)19/h7-10,14H,6,11H2,1-5H3. The number of amides is 2. The molecule has 3 nitrogen and oxygen atoms in total. The Morgan fingerprint density at radius 2 is 1.74 bits per heavy atom. The molecule has 1 unspecified atom stereocenters. The molecule has 1 aromatic carbocycles. The van der Waals surface area contributed by atoms with Crippen LogP contribution in [0.15, 0.2) is 24.3 Å². The largest absolute Gasteiger partial charge is 0.274 e. The molecule has 2 radical (unpaired) electrons. The molecule has 1 aliphatic heterocycles. The minimum atomic E-state index is -0.378. The monoisotopic (exact) mass is 329 g/mol. The fraction of sp³-hybridized carbons (Fsp3) is 0.556. The Balaban J connectivity index is 2.27. The van der Waals surface area contributed by atoms with Crippen molar-refractivity contribution in [2.45, 2.75) is 57.0 Å². The van der Waals surface area contributed by atoms with Crippen LogP contribution in [0.3, 0.4) is 0 Å². The van der Waals surface area contributed by atoms with Gasteiger partial charge in [0, 0.05) is 6.42 Å². The third-order valence-electron chi connectivity index (χ3n) is 4.93. The van der Waals surface area contributed by atoms with Crippen LogP contribution in [0, 0.1) is 0 Å². The van der Waals surface area contributed by atoms with Crippen molar-refractivity contribution in [1.29, 1.82) is 0 Å². The van der Waals surface area contributed by atoms with Crippen LogP contribution in [0.4, 0.5) is 5.69 Å². The highest BCUT2D eigenvalue weighted by Gasteiger charge is 2.40. The molecular formula is C18H24BNO2S. The van der Waals surface area contributed by atoms with Crippen LogP contribution in [-0.4, -0.2) is 30.7 Å². The van der Waals surface area contributed by atoms with E-state index < -0.39 is 0 Å². The topological polar surface area (TPSA) is 37.4 Å². The second-order valence-electron chi connectivity index (χ2n) is 7.11. The molecule has 0 bridgehead atoms. The number of benzene rings is 1. The predicted octanol–water partition coefficient (Wildman–Crippen LogP) is 3.72. The van der Waals surface area contributed by atoms with Gasteiger partial charge in [0.15, 0.2) is 0 Å². The van der Waals surface area contributed by atoms with Crippen LogP contribution in [0.1, 0.15) is 46.6 Å². The lowest BCUT2D eigenvalue weighted by Gasteiger charge is -2.40. The Kier molecular flexibility index (Phi) is 5.00. The minimum absolute atomic E-state index is 0.104. The molecule has 23 heavy (non-hydrogen) atoms. The molecule has 1 saturated heterocycles. The highest BCUT2D eigenvalue weighted by Crippen LogP contribution is 2.44. The summed E-state index contributed by atoms with van der Waals surface area (Å²) in [6.45, 7) is 10.2. The van der Waals surface area contributed by atoms with Crippen molar-refractivity contribution in [2.75, 3.05) is 10.7 Å². The number of thioether (sulfide) groups is 1. The third-order valence-corrected chi connectivity index (χ3v) is 6.04. The van der Waals surface area contributed by atoms with Crippen LogP contribution >= 0.6 is 11.8 Å². The molecule has 1 heterocycles. The molecule has 0 aliphatic carbocycles. The van der Waals surface area contributed by atoms with E-state index in [0.29, 0.717) is 12.1 Å². The highest BCUT2D eigenvalue weighted by molar-refractivity contribution is 8.00. The molecule has 0 saturated carbocycles. The fourth-order valence-electron chi connectivity index (χ4n) is 2.61. The van der Waals surface area contributed by atoms with Crippen LogP contribution < -0.4 is 4.90 Å². The Morgan fingerprint density at radius 1 is 1.17 bits per heavy atom. The molecule has 0 aromatic heterocycles. The van der Waals surface area contributed by atoms with E-state index in [4.69, 9.17) is 7.85 Å². The Hall–Kier alpha value is -1.23. The normalized spacial score (nSPS) is 19.5. The zero-order chi connectivity index (χ0) is 17.4. The van der Waals surface area contributed by atoms with Crippen LogP contribution in [0.2, 0.25) is 5.31 Å². The summed E-state index contributed by atoms with van der Waals surface area (Å²) >= 11 is 1.53. The maximum Gasteiger partial charge on any atom is 0.247 e. The number of hydrogen-bond donors (Lipinski definition) is 0. The maximum absolute atomic E-state index is 12.4. The van der Waals surface area contributed by atoms with Gasteiger partial charge in [-0.2, -0.15) is 0 Å². The van der Waals surface area contributed by atoms with Crippen LogP contribution in [0.5, 0.6) is 0 Å². The Morgan fingerprint density at radius 3 is 2.22 bits per heavy atom. The van der Waals surface area contributed by atoms with Crippen molar-refractivity contribution in [3.05, 3.63) is 29.8 Å². The number of carbonyl (C=O) groups is 2. The number of hydrogen-bond acceptors (Lipinski definition) is 3. The average Bonchev–Trinajstić information content (AvgIpc) is 2.73. The number of rotatable bonds is 5. The number of nitrogens with zero attached hydrogens (tertiary/aromatic N) is 1. The molecule has 2 rings (SSSR count). The molecule has 1 atom stereocenters. The molecule has 1 aliphatic rings. The van der Waals surface area contributed by atoms with Gasteiger partial charge in [-0.3, -0.25) is 9.59 Å². The summed E-state index contributed by atoms with van der Waals surface area (Å²) in [5, 5.41) is -0.622. The maximum atomic E-state index is 12.4. The smallest absolute Gasteiger partial charge is 0.247 e. The third kappa shape index (κ3) is 3.35. The average molecular weight is 329 g/mol. The lowest BCUT2D eigenvalue weighted by molar-refractivity contribution is -0.121. The van der Waals surface area contributed by atoms with E-state index in [2.05, 4.69) is 13.8 Å². The minimum Gasteiger partial charge on any atom is -0.274 e. The van der Waals surface area contributed by atoms with Gasteiger partial charge in [0.1, 0.15) is 0 Å². The molecule has 1 aromatic rings. The van der Waals surface area contributed by atoms with Gasteiger partial charge in [-0.05, 0) is 28.9 Å². The first-order chi connectivity index (χ1) is 10.6. The van der Waals surface area contributed by atoms with E-state index in [9.17, 15) is 9.59 Å². The second kappa shape index (κ2) is 6.35. The Labute approximate surface area is 144 Å². The van der Waals surface area contributed by atoms with E-state index in [1.807, 2.05) is 45.0 Å².